The zero-order valence-electron chi connectivity index (χ0n) is 16.4. The van der Waals surface area contributed by atoms with Crippen molar-refractivity contribution in [2.24, 2.45) is 0 Å². The lowest BCUT2D eigenvalue weighted by molar-refractivity contribution is -0.116. The smallest absolute Gasteiger partial charge is 0.258 e. The summed E-state index contributed by atoms with van der Waals surface area (Å²) in [5.74, 6) is 0.0715. The summed E-state index contributed by atoms with van der Waals surface area (Å²) in [7, 11) is 0. The van der Waals surface area contributed by atoms with Crippen molar-refractivity contribution in [3.8, 4) is 5.95 Å². The number of nitrogens with zero attached hydrogens (tertiary/aromatic N) is 4. The van der Waals surface area contributed by atoms with Gasteiger partial charge in [0.2, 0.25) is 11.9 Å². The molecule has 0 saturated heterocycles. The summed E-state index contributed by atoms with van der Waals surface area (Å²) < 4.78 is 3.07. The third-order valence-electron chi connectivity index (χ3n) is 5.05. The number of fused-ring (bicyclic) bond motifs is 1. The summed E-state index contributed by atoms with van der Waals surface area (Å²) >= 11 is 5.90. The van der Waals surface area contributed by atoms with Gasteiger partial charge in [-0.05, 0) is 69.9 Å². The number of rotatable bonds is 4. The highest BCUT2D eigenvalue weighted by Gasteiger charge is 2.22. The molecule has 1 amide bonds. The van der Waals surface area contributed by atoms with Crippen LogP contribution in [0.3, 0.4) is 0 Å². The Morgan fingerprint density at radius 3 is 2.59 bits per heavy atom. The molecule has 0 saturated carbocycles. The summed E-state index contributed by atoms with van der Waals surface area (Å²) in [5.41, 5.74) is 3.66. The molecular formula is C21H22ClN5O2. The van der Waals surface area contributed by atoms with Crippen LogP contribution in [0.1, 0.15) is 35.5 Å². The van der Waals surface area contributed by atoms with E-state index in [1.54, 1.807) is 28.9 Å². The van der Waals surface area contributed by atoms with Crippen LogP contribution in [0.15, 0.2) is 35.1 Å². The predicted octanol–water partition coefficient (Wildman–Crippen LogP) is 3.22. The van der Waals surface area contributed by atoms with Gasteiger partial charge in [0, 0.05) is 22.0 Å². The molecule has 3 aromatic rings. The Hall–Kier alpha value is -2.93. The SMILES string of the molecule is Cc1cc(C)n(-c2nc3c(c(=O)n2CC(=O)Nc2ccc(Cl)cc2)CCCC3)n1. The molecule has 0 fully saturated rings. The van der Waals surface area contributed by atoms with Crippen LogP contribution in [0.5, 0.6) is 0 Å². The molecule has 1 aliphatic carbocycles. The molecule has 0 radical (unpaired) electrons. The highest BCUT2D eigenvalue weighted by atomic mass is 35.5. The summed E-state index contributed by atoms with van der Waals surface area (Å²) in [6.45, 7) is 3.65. The number of aromatic nitrogens is 4. The van der Waals surface area contributed by atoms with Gasteiger partial charge in [-0.3, -0.25) is 14.2 Å². The van der Waals surface area contributed by atoms with Crippen LogP contribution >= 0.6 is 11.6 Å². The Morgan fingerprint density at radius 1 is 1.17 bits per heavy atom. The summed E-state index contributed by atoms with van der Waals surface area (Å²) in [5, 5.41) is 7.88. The molecule has 0 aliphatic heterocycles. The molecule has 150 valence electrons. The minimum atomic E-state index is -0.310. The standard InChI is InChI=1S/C21H22ClN5O2/c1-13-11-14(2)27(25-13)21-24-18-6-4-3-5-17(18)20(29)26(21)12-19(28)23-16-9-7-15(22)8-10-16/h7-11H,3-6,12H2,1-2H3,(H,23,28). The molecule has 1 N–H and O–H groups in total. The van der Waals surface area contributed by atoms with Crippen molar-refractivity contribution in [1.29, 1.82) is 0 Å². The largest absolute Gasteiger partial charge is 0.325 e. The van der Waals surface area contributed by atoms with Crippen LogP contribution in [0, 0.1) is 13.8 Å². The van der Waals surface area contributed by atoms with Crippen molar-refractivity contribution < 1.29 is 4.79 Å². The fraction of sp³-hybridized carbons (Fsp3) is 0.333. The number of carbonyl (C=O) groups is 1. The lowest BCUT2D eigenvalue weighted by Crippen LogP contribution is -2.35. The second kappa shape index (κ2) is 7.83. The van der Waals surface area contributed by atoms with Gasteiger partial charge in [-0.15, -0.1) is 0 Å². The average Bonchev–Trinajstić information content (AvgIpc) is 3.03. The number of amides is 1. The highest BCUT2D eigenvalue weighted by molar-refractivity contribution is 6.30. The first-order valence-electron chi connectivity index (χ1n) is 9.64. The van der Waals surface area contributed by atoms with Gasteiger partial charge in [-0.2, -0.15) is 5.10 Å². The second-order valence-electron chi connectivity index (χ2n) is 7.33. The molecule has 0 bridgehead atoms. The third-order valence-corrected chi connectivity index (χ3v) is 5.30. The Morgan fingerprint density at radius 2 is 1.90 bits per heavy atom. The number of anilines is 1. The molecule has 4 rings (SSSR count). The van der Waals surface area contributed by atoms with Crippen molar-refractivity contribution in [1.82, 2.24) is 19.3 Å². The van der Waals surface area contributed by atoms with Crippen LogP contribution in [-0.4, -0.2) is 25.2 Å². The fourth-order valence-corrected chi connectivity index (χ4v) is 3.82. The van der Waals surface area contributed by atoms with Gasteiger partial charge in [-0.1, -0.05) is 11.6 Å². The average molecular weight is 412 g/mol. The number of nitrogens with one attached hydrogen (secondary N) is 1. The van der Waals surface area contributed by atoms with Gasteiger partial charge in [-0.25, -0.2) is 9.67 Å². The Balaban J connectivity index is 1.74. The van der Waals surface area contributed by atoms with Gasteiger partial charge in [0.25, 0.3) is 5.56 Å². The molecule has 0 spiro atoms. The molecular weight excluding hydrogens is 390 g/mol. The van der Waals surface area contributed by atoms with Gasteiger partial charge in [0.05, 0.1) is 11.4 Å². The van der Waals surface area contributed by atoms with E-state index in [-0.39, 0.29) is 18.0 Å². The van der Waals surface area contributed by atoms with Crippen molar-refractivity contribution in [3.63, 3.8) is 0 Å². The predicted molar refractivity (Wildman–Crippen MR) is 112 cm³/mol. The molecule has 0 unspecified atom stereocenters. The first-order chi connectivity index (χ1) is 13.9. The van der Waals surface area contributed by atoms with E-state index in [4.69, 9.17) is 16.6 Å². The lowest BCUT2D eigenvalue weighted by atomic mass is 9.97. The van der Waals surface area contributed by atoms with Crippen LogP contribution in [0.25, 0.3) is 5.95 Å². The summed E-state index contributed by atoms with van der Waals surface area (Å²) in [4.78, 5) is 30.7. The number of hydrogen-bond acceptors (Lipinski definition) is 4. The highest BCUT2D eigenvalue weighted by Crippen LogP contribution is 2.19. The Bertz CT molecular complexity index is 1130. The molecule has 29 heavy (non-hydrogen) atoms. The van der Waals surface area contributed by atoms with Gasteiger partial charge >= 0.3 is 0 Å². The minimum Gasteiger partial charge on any atom is -0.325 e. The lowest BCUT2D eigenvalue weighted by Gasteiger charge is -2.20. The van der Waals surface area contributed by atoms with E-state index in [2.05, 4.69) is 10.4 Å². The van der Waals surface area contributed by atoms with Crippen molar-refractivity contribution in [2.75, 3.05) is 5.32 Å². The molecule has 1 aromatic carbocycles. The number of hydrogen-bond donors (Lipinski definition) is 1. The van der Waals surface area contributed by atoms with Gasteiger partial charge in [0.15, 0.2) is 0 Å². The van der Waals surface area contributed by atoms with Crippen LogP contribution in [0.2, 0.25) is 5.02 Å². The Labute approximate surface area is 173 Å². The summed E-state index contributed by atoms with van der Waals surface area (Å²) in [6, 6.07) is 8.76. The fourth-order valence-electron chi connectivity index (χ4n) is 3.69. The van der Waals surface area contributed by atoms with E-state index in [0.29, 0.717) is 28.6 Å². The van der Waals surface area contributed by atoms with E-state index in [1.165, 1.54) is 4.57 Å². The van der Waals surface area contributed by atoms with Crippen molar-refractivity contribution in [2.45, 2.75) is 46.1 Å². The van der Waals surface area contributed by atoms with E-state index < -0.39 is 0 Å². The maximum Gasteiger partial charge on any atom is 0.258 e. The van der Waals surface area contributed by atoms with Crippen molar-refractivity contribution >= 4 is 23.2 Å². The number of halogens is 1. The topological polar surface area (TPSA) is 81.8 Å². The molecule has 7 nitrogen and oxygen atoms in total. The number of aryl methyl sites for hydroxylation is 3. The van der Waals surface area contributed by atoms with Crippen LogP contribution in [-0.2, 0) is 24.2 Å². The quantitative estimate of drug-likeness (QED) is 0.714. The van der Waals surface area contributed by atoms with E-state index in [0.717, 1.165) is 36.3 Å². The Kier molecular flexibility index (Phi) is 5.24. The zero-order valence-corrected chi connectivity index (χ0v) is 17.2. The number of carbonyl (C=O) groups excluding carboxylic acids is 1. The third kappa shape index (κ3) is 3.96. The summed E-state index contributed by atoms with van der Waals surface area (Å²) in [6.07, 6.45) is 3.43. The minimum absolute atomic E-state index is 0.143. The zero-order chi connectivity index (χ0) is 20.5. The van der Waals surface area contributed by atoms with E-state index >= 15 is 0 Å². The van der Waals surface area contributed by atoms with Crippen LogP contribution < -0.4 is 10.9 Å². The second-order valence-corrected chi connectivity index (χ2v) is 7.77. The maximum atomic E-state index is 13.2. The monoisotopic (exact) mass is 411 g/mol. The molecule has 0 atom stereocenters. The van der Waals surface area contributed by atoms with Gasteiger partial charge in [0.1, 0.15) is 6.54 Å². The molecule has 2 aromatic heterocycles. The van der Waals surface area contributed by atoms with Gasteiger partial charge < -0.3 is 5.32 Å². The first kappa shape index (κ1) is 19.4. The van der Waals surface area contributed by atoms with Crippen molar-refractivity contribution in [3.05, 3.63) is 68.4 Å². The molecule has 8 heteroatoms. The van der Waals surface area contributed by atoms with E-state index in [1.807, 2.05) is 19.9 Å². The number of benzene rings is 1. The van der Waals surface area contributed by atoms with Crippen LogP contribution in [0.4, 0.5) is 5.69 Å². The molecule has 1 aliphatic rings. The molecule has 2 heterocycles. The van der Waals surface area contributed by atoms with E-state index in [9.17, 15) is 9.59 Å². The maximum absolute atomic E-state index is 13.2. The first-order valence-corrected chi connectivity index (χ1v) is 10.0. The normalized spacial score (nSPS) is 13.2.